The molecular formula is C16H12N4O4. The molecule has 0 spiro atoms. The van der Waals surface area contributed by atoms with E-state index in [1.54, 1.807) is 36.4 Å². The largest absolute Gasteiger partial charge is 0.478 e. The molecule has 0 unspecified atom stereocenters. The zero-order valence-corrected chi connectivity index (χ0v) is 12.2. The quantitative estimate of drug-likeness (QED) is 0.622. The van der Waals surface area contributed by atoms with Gasteiger partial charge >= 0.3 is 11.9 Å². The van der Waals surface area contributed by atoms with Crippen LogP contribution in [0.2, 0.25) is 0 Å². The van der Waals surface area contributed by atoms with Gasteiger partial charge in [-0.25, -0.2) is 14.3 Å². The number of nitrogens with two attached hydrogens (primary N) is 1. The first-order valence-electron chi connectivity index (χ1n) is 6.86. The van der Waals surface area contributed by atoms with E-state index in [2.05, 4.69) is 10.2 Å². The minimum Gasteiger partial charge on any atom is -0.478 e. The van der Waals surface area contributed by atoms with Crippen LogP contribution in [0.4, 0.5) is 0 Å². The van der Waals surface area contributed by atoms with Crippen molar-refractivity contribution in [2.45, 2.75) is 0 Å². The molecule has 0 bridgehead atoms. The molecule has 0 amide bonds. The van der Waals surface area contributed by atoms with Gasteiger partial charge in [0.1, 0.15) is 0 Å². The van der Waals surface area contributed by atoms with Crippen molar-refractivity contribution in [3.05, 3.63) is 59.7 Å². The van der Waals surface area contributed by atoms with Gasteiger partial charge in [-0.05, 0) is 12.1 Å². The summed E-state index contributed by atoms with van der Waals surface area (Å²) in [4.78, 5) is 22.7. The Kier molecular flexibility index (Phi) is 3.70. The highest BCUT2D eigenvalue weighted by atomic mass is 16.4. The number of carboxylic acids is 2. The third kappa shape index (κ3) is 2.45. The molecular weight excluding hydrogens is 312 g/mol. The van der Waals surface area contributed by atoms with Crippen molar-refractivity contribution in [1.29, 1.82) is 0 Å². The Morgan fingerprint density at radius 3 is 1.54 bits per heavy atom. The molecule has 1 aromatic heterocycles. The Balaban J connectivity index is 2.18. The smallest absolute Gasteiger partial charge is 0.336 e. The third-order valence-corrected chi connectivity index (χ3v) is 3.49. The van der Waals surface area contributed by atoms with Gasteiger partial charge in [0.05, 0.1) is 11.1 Å². The highest BCUT2D eigenvalue weighted by Crippen LogP contribution is 2.27. The zero-order chi connectivity index (χ0) is 17.3. The lowest BCUT2D eigenvalue weighted by atomic mass is 10.1. The van der Waals surface area contributed by atoms with Crippen LogP contribution >= 0.6 is 0 Å². The van der Waals surface area contributed by atoms with E-state index >= 15 is 0 Å². The Hall–Kier alpha value is -3.68. The molecule has 3 aromatic rings. The van der Waals surface area contributed by atoms with E-state index in [-0.39, 0.29) is 22.8 Å². The molecule has 0 radical (unpaired) electrons. The van der Waals surface area contributed by atoms with Crippen LogP contribution in [0.1, 0.15) is 20.7 Å². The summed E-state index contributed by atoms with van der Waals surface area (Å²) in [6, 6.07) is 12.5. The van der Waals surface area contributed by atoms with Crippen molar-refractivity contribution in [3.63, 3.8) is 0 Å². The highest BCUT2D eigenvalue weighted by molar-refractivity contribution is 5.96. The molecule has 0 saturated heterocycles. The highest BCUT2D eigenvalue weighted by Gasteiger charge is 2.21. The fraction of sp³-hybridized carbons (Fsp3) is 0. The van der Waals surface area contributed by atoms with Gasteiger partial charge in [0, 0.05) is 11.1 Å². The van der Waals surface area contributed by atoms with Gasteiger partial charge in [-0.2, -0.15) is 0 Å². The predicted octanol–water partition coefficient (Wildman–Crippen LogP) is 1.72. The van der Waals surface area contributed by atoms with Gasteiger partial charge in [0.2, 0.25) is 0 Å². The van der Waals surface area contributed by atoms with E-state index in [4.69, 9.17) is 5.84 Å². The molecule has 8 heteroatoms. The predicted molar refractivity (Wildman–Crippen MR) is 85.0 cm³/mol. The van der Waals surface area contributed by atoms with Crippen molar-refractivity contribution in [1.82, 2.24) is 14.9 Å². The van der Waals surface area contributed by atoms with Crippen molar-refractivity contribution >= 4 is 11.9 Å². The van der Waals surface area contributed by atoms with E-state index in [0.717, 1.165) is 4.68 Å². The molecule has 0 fully saturated rings. The van der Waals surface area contributed by atoms with E-state index in [0.29, 0.717) is 11.1 Å². The fourth-order valence-corrected chi connectivity index (χ4v) is 2.39. The Morgan fingerprint density at radius 1 is 0.792 bits per heavy atom. The normalized spacial score (nSPS) is 10.5. The molecule has 0 saturated carbocycles. The number of aromatic carboxylic acids is 2. The minimum absolute atomic E-state index is 0.0228. The molecule has 24 heavy (non-hydrogen) atoms. The first kappa shape index (κ1) is 15.2. The Bertz CT molecular complexity index is 874. The Labute approximate surface area is 135 Å². The van der Waals surface area contributed by atoms with Crippen molar-refractivity contribution in [2.75, 3.05) is 5.84 Å². The van der Waals surface area contributed by atoms with Gasteiger partial charge < -0.3 is 16.1 Å². The average Bonchev–Trinajstić information content (AvgIpc) is 2.96. The third-order valence-electron chi connectivity index (χ3n) is 3.49. The molecule has 0 atom stereocenters. The van der Waals surface area contributed by atoms with Crippen molar-refractivity contribution in [3.8, 4) is 22.8 Å². The van der Waals surface area contributed by atoms with Crippen LogP contribution in [0.15, 0.2) is 48.5 Å². The molecule has 3 rings (SSSR count). The van der Waals surface area contributed by atoms with Crippen molar-refractivity contribution < 1.29 is 19.8 Å². The van der Waals surface area contributed by atoms with Crippen LogP contribution in [0, 0.1) is 0 Å². The van der Waals surface area contributed by atoms with Crippen molar-refractivity contribution in [2.24, 2.45) is 0 Å². The molecule has 0 aliphatic carbocycles. The van der Waals surface area contributed by atoms with Crippen LogP contribution in [0.25, 0.3) is 22.8 Å². The van der Waals surface area contributed by atoms with Gasteiger partial charge in [-0.15, -0.1) is 10.2 Å². The Morgan fingerprint density at radius 2 is 1.17 bits per heavy atom. The molecule has 1 heterocycles. The molecule has 8 nitrogen and oxygen atoms in total. The first-order valence-corrected chi connectivity index (χ1v) is 6.86. The summed E-state index contributed by atoms with van der Waals surface area (Å²) < 4.78 is 1.09. The number of carboxylic acid groups (broad SMARTS) is 2. The first-order chi connectivity index (χ1) is 11.5. The van der Waals surface area contributed by atoms with Gasteiger partial charge in [0.25, 0.3) is 0 Å². The lowest BCUT2D eigenvalue weighted by Crippen LogP contribution is -2.14. The molecule has 0 aliphatic heterocycles. The SMILES string of the molecule is Nn1c(-c2ccccc2C(=O)O)nnc1-c1ccccc1C(=O)O. The summed E-state index contributed by atoms with van der Waals surface area (Å²) in [5.41, 5.74) is 0.627. The maximum Gasteiger partial charge on any atom is 0.336 e. The van der Waals surface area contributed by atoms with E-state index in [1.165, 1.54) is 12.1 Å². The zero-order valence-electron chi connectivity index (χ0n) is 12.2. The van der Waals surface area contributed by atoms with E-state index in [9.17, 15) is 19.8 Å². The monoisotopic (exact) mass is 324 g/mol. The summed E-state index contributed by atoms with van der Waals surface area (Å²) in [6.45, 7) is 0. The lowest BCUT2D eigenvalue weighted by Gasteiger charge is -2.08. The number of rotatable bonds is 4. The van der Waals surface area contributed by atoms with E-state index < -0.39 is 11.9 Å². The second kappa shape index (κ2) is 5.84. The number of hydrogen-bond acceptors (Lipinski definition) is 5. The standard InChI is InChI=1S/C16H12N4O4/c17-20-13(9-5-1-3-7-11(9)15(21)22)18-19-14(20)10-6-2-4-8-12(10)16(23)24/h1-8H,17H2,(H,21,22)(H,23,24). The summed E-state index contributed by atoms with van der Waals surface area (Å²) in [6.07, 6.45) is 0. The van der Waals surface area contributed by atoms with Gasteiger partial charge in [0.15, 0.2) is 11.6 Å². The molecule has 2 aromatic carbocycles. The van der Waals surface area contributed by atoms with E-state index in [1.807, 2.05) is 0 Å². The molecule has 0 aliphatic rings. The minimum atomic E-state index is -1.12. The maximum absolute atomic E-state index is 11.4. The van der Waals surface area contributed by atoms with Crippen LogP contribution in [0.5, 0.6) is 0 Å². The maximum atomic E-state index is 11.4. The number of nitrogens with zero attached hydrogens (tertiary/aromatic N) is 3. The summed E-state index contributed by atoms with van der Waals surface area (Å²) in [5, 5.41) is 26.4. The topological polar surface area (TPSA) is 131 Å². The lowest BCUT2D eigenvalue weighted by molar-refractivity contribution is 0.0687. The van der Waals surface area contributed by atoms with Crippen LogP contribution in [-0.4, -0.2) is 37.0 Å². The summed E-state index contributed by atoms with van der Waals surface area (Å²) in [5.74, 6) is 4.02. The number of hydrogen-bond donors (Lipinski definition) is 3. The number of nitrogen functional groups attached to an aromatic ring is 1. The second-order valence-electron chi connectivity index (χ2n) is 4.92. The van der Waals surface area contributed by atoms with Gasteiger partial charge in [-0.1, -0.05) is 36.4 Å². The number of carbonyl (C=O) groups is 2. The summed E-state index contributed by atoms with van der Waals surface area (Å²) in [7, 11) is 0. The van der Waals surface area contributed by atoms with Crippen LogP contribution in [0.3, 0.4) is 0 Å². The molecule has 120 valence electrons. The average molecular weight is 324 g/mol. The van der Waals surface area contributed by atoms with Gasteiger partial charge in [-0.3, -0.25) is 0 Å². The second-order valence-corrected chi connectivity index (χ2v) is 4.92. The summed E-state index contributed by atoms with van der Waals surface area (Å²) >= 11 is 0. The van der Waals surface area contributed by atoms with Crippen LogP contribution < -0.4 is 5.84 Å². The van der Waals surface area contributed by atoms with Crippen LogP contribution in [-0.2, 0) is 0 Å². The molecule has 4 N–H and O–H groups in total. The number of benzene rings is 2. The fourth-order valence-electron chi connectivity index (χ4n) is 2.39. The number of aromatic nitrogens is 3.